The maximum absolute atomic E-state index is 11.4. The van der Waals surface area contributed by atoms with E-state index in [1.54, 1.807) is 6.92 Å². The van der Waals surface area contributed by atoms with Crippen LogP contribution in [0.4, 0.5) is 0 Å². The molecule has 0 aliphatic heterocycles. The Kier molecular flexibility index (Phi) is 2.92. The molecule has 0 saturated heterocycles. The Morgan fingerprint density at radius 3 is 2.54 bits per heavy atom. The molecule has 1 aliphatic rings. The van der Waals surface area contributed by atoms with E-state index < -0.39 is 5.92 Å². The van der Waals surface area contributed by atoms with Crippen molar-refractivity contribution in [2.45, 2.75) is 45.1 Å². The molecule has 0 spiro atoms. The summed E-state index contributed by atoms with van der Waals surface area (Å²) in [6.45, 7) is 3.69. The van der Waals surface area contributed by atoms with Crippen LogP contribution in [0.1, 0.15) is 39.5 Å². The van der Waals surface area contributed by atoms with Gasteiger partial charge in [-0.25, -0.2) is 0 Å². The maximum atomic E-state index is 11.4. The van der Waals surface area contributed by atoms with Crippen molar-refractivity contribution in [3.8, 4) is 6.07 Å². The van der Waals surface area contributed by atoms with Gasteiger partial charge < -0.3 is 5.32 Å². The lowest BCUT2D eigenvalue weighted by molar-refractivity contribution is -0.124. The lowest BCUT2D eigenvalue weighted by Gasteiger charge is -2.25. The molecule has 1 atom stereocenters. The van der Waals surface area contributed by atoms with Crippen LogP contribution in [0.3, 0.4) is 0 Å². The van der Waals surface area contributed by atoms with Crippen LogP contribution in [0.25, 0.3) is 0 Å². The fourth-order valence-corrected chi connectivity index (χ4v) is 1.74. The first-order valence-electron chi connectivity index (χ1n) is 4.79. The summed E-state index contributed by atoms with van der Waals surface area (Å²) >= 11 is 0. The molecule has 13 heavy (non-hydrogen) atoms. The lowest BCUT2D eigenvalue weighted by Crippen LogP contribution is -2.45. The van der Waals surface area contributed by atoms with Crippen LogP contribution in [-0.4, -0.2) is 11.4 Å². The highest BCUT2D eigenvalue weighted by atomic mass is 16.2. The molecule has 1 fully saturated rings. The summed E-state index contributed by atoms with van der Waals surface area (Å²) in [5.41, 5.74) is -0.0534. The van der Waals surface area contributed by atoms with Crippen LogP contribution in [-0.2, 0) is 4.79 Å². The summed E-state index contributed by atoms with van der Waals surface area (Å²) in [4.78, 5) is 11.4. The molecular formula is C10H16N2O. The summed E-state index contributed by atoms with van der Waals surface area (Å²) in [7, 11) is 0. The Morgan fingerprint density at radius 1 is 1.54 bits per heavy atom. The van der Waals surface area contributed by atoms with Crippen molar-refractivity contribution in [2.24, 2.45) is 5.92 Å². The summed E-state index contributed by atoms with van der Waals surface area (Å²) in [5, 5.41) is 11.5. The van der Waals surface area contributed by atoms with E-state index in [2.05, 4.69) is 12.2 Å². The number of hydrogen-bond acceptors (Lipinski definition) is 2. The zero-order chi connectivity index (χ0) is 9.90. The van der Waals surface area contributed by atoms with Crippen molar-refractivity contribution in [1.29, 1.82) is 5.26 Å². The first-order chi connectivity index (χ1) is 6.07. The second-order valence-electron chi connectivity index (χ2n) is 4.11. The van der Waals surface area contributed by atoms with Crippen LogP contribution in [0, 0.1) is 17.2 Å². The van der Waals surface area contributed by atoms with Gasteiger partial charge >= 0.3 is 0 Å². The van der Waals surface area contributed by atoms with Crippen molar-refractivity contribution in [2.75, 3.05) is 0 Å². The quantitative estimate of drug-likeness (QED) is 0.701. The van der Waals surface area contributed by atoms with E-state index in [4.69, 9.17) is 5.26 Å². The van der Waals surface area contributed by atoms with E-state index in [-0.39, 0.29) is 11.4 Å². The highest BCUT2D eigenvalue weighted by Gasteiger charge is 2.31. The number of nitriles is 1. The van der Waals surface area contributed by atoms with Gasteiger partial charge in [0.05, 0.1) is 6.07 Å². The van der Waals surface area contributed by atoms with Crippen molar-refractivity contribution < 1.29 is 4.79 Å². The third-order valence-corrected chi connectivity index (χ3v) is 2.72. The van der Waals surface area contributed by atoms with Gasteiger partial charge in [0.15, 0.2) is 0 Å². The topological polar surface area (TPSA) is 52.9 Å². The smallest absolute Gasteiger partial charge is 0.237 e. The molecule has 3 heteroatoms. The largest absolute Gasteiger partial charge is 0.350 e. The molecule has 0 aromatic heterocycles. The first kappa shape index (κ1) is 10.0. The summed E-state index contributed by atoms with van der Waals surface area (Å²) in [5.74, 6) is -0.663. The molecule has 0 bridgehead atoms. The molecule has 1 saturated carbocycles. The van der Waals surface area contributed by atoms with Crippen LogP contribution >= 0.6 is 0 Å². The number of amides is 1. The Hall–Kier alpha value is -1.04. The molecule has 3 nitrogen and oxygen atoms in total. The minimum atomic E-state index is -0.530. The Bertz CT molecular complexity index is 236. The molecule has 1 N–H and O–H groups in total. The van der Waals surface area contributed by atoms with Crippen molar-refractivity contribution in [1.82, 2.24) is 5.32 Å². The molecule has 1 aliphatic carbocycles. The van der Waals surface area contributed by atoms with E-state index >= 15 is 0 Å². The summed E-state index contributed by atoms with van der Waals surface area (Å²) in [6.07, 6.45) is 4.43. The average Bonchev–Trinajstić information content (AvgIpc) is 2.50. The van der Waals surface area contributed by atoms with Gasteiger partial charge in [-0.2, -0.15) is 5.26 Å². The average molecular weight is 180 g/mol. The van der Waals surface area contributed by atoms with Gasteiger partial charge in [-0.05, 0) is 26.7 Å². The van der Waals surface area contributed by atoms with E-state index in [9.17, 15) is 4.79 Å². The number of carbonyl (C=O) groups is 1. The van der Waals surface area contributed by atoms with Crippen LogP contribution in [0.5, 0.6) is 0 Å². The molecule has 0 aromatic carbocycles. The maximum Gasteiger partial charge on any atom is 0.237 e. The Balaban J connectivity index is 2.49. The zero-order valence-corrected chi connectivity index (χ0v) is 8.26. The normalized spacial score (nSPS) is 21.9. The van der Waals surface area contributed by atoms with E-state index in [1.807, 2.05) is 6.07 Å². The van der Waals surface area contributed by atoms with Gasteiger partial charge in [-0.15, -0.1) is 0 Å². The molecular weight excluding hydrogens is 164 g/mol. The fraction of sp³-hybridized carbons (Fsp3) is 0.800. The van der Waals surface area contributed by atoms with Crippen molar-refractivity contribution >= 4 is 5.91 Å². The van der Waals surface area contributed by atoms with Gasteiger partial charge in [-0.3, -0.25) is 4.79 Å². The lowest BCUT2D eigenvalue weighted by atomic mass is 9.99. The summed E-state index contributed by atoms with van der Waals surface area (Å²) in [6, 6.07) is 1.94. The minimum absolute atomic E-state index is 0.0534. The van der Waals surface area contributed by atoms with Gasteiger partial charge in [0.2, 0.25) is 5.91 Å². The Labute approximate surface area is 79.1 Å². The van der Waals surface area contributed by atoms with Gasteiger partial charge in [-0.1, -0.05) is 12.8 Å². The van der Waals surface area contributed by atoms with Crippen molar-refractivity contribution in [3.63, 3.8) is 0 Å². The van der Waals surface area contributed by atoms with Gasteiger partial charge in [0.25, 0.3) is 0 Å². The molecule has 0 heterocycles. The molecule has 1 unspecified atom stereocenters. The molecule has 1 rings (SSSR count). The third-order valence-electron chi connectivity index (χ3n) is 2.72. The molecule has 72 valence electrons. The second kappa shape index (κ2) is 3.78. The number of hydrogen-bond donors (Lipinski definition) is 1. The van der Waals surface area contributed by atoms with Gasteiger partial charge in [0, 0.05) is 5.54 Å². The predicted molar refractivity (Wildman–Crippen MR) is 49.8 cm³/mol. The third kappa shape index (κ3) is 2.45. The number of nitrogens with one attached hydrogen (secondary N) is 1. The monoisotopic (exact) mass is 180 g/mol. The Morgan fingerprint density at radius 2 is 2.08 bits per heavy atom. The minimum Gasteiger partial charge on any atom is -0.350 e. The molecule has 0 radical (unpaired) electrons. The highest BCUT2D eigenvalue weighted by Crippen LogP contribution is 2.28. The van der Waals surface area contributed by atoms with Gasteiger partial charge in [0.1, 0.15) is 5.92 Å². The van der Waals surface area contributed by atoms with E-state index in [0.29, 0.717) is 0 Å². The SMILES string of the molecule is CC(C#N)C(=O)NC1(C)CCCC1. The number of carbonyl (C=O) groups excluding carboxylic acids is 1. The van der Waals surface area contributed by atoms with E-state index in [0.717, 1.165) is 12.8 Å². The van der Waals surface area contributed by atoms with Crippen molar-refractivity contribution in [3.05, 3.63) is 0 Å². The molecule has 0 aromatic rings. The number of rotatable bonds is 2. The van der Waals surface area contributed by atoms with E-state index in [1.165, 1.54) is 12.8 Å². The van der Waals surface area contributed by atoms with Crippen LogP contribution in [0.15, 0.2) is 0 Å². The van der Waals surface area contributed by atoms with Crippen LogP contribution in [0.2, 0.25) is 0 Å². The molecule has 1 amide bonds. The number of nitrogens with zero attached hydrogens (tertiary/aromatic N) is 1. The highest BCUT2D eigenvalue weighted by molar-refractivity contribution is 5.81. The zero-order valence-electron chi connectivity index (χ0n) is 8.26. The standard InChI is InChI=1S/C10H16N2O/c1-8(7-11)9(13)12-10(2)5-3-4-6-10/h8H,3-6H2,1-2H3,(H,12,13). The van der Waals surface area contributed by atoms with Crippen LogP contribution < -0.4 is 5.32 Å². The first-order valence-corrected chi connectivity index (χ1v) is 4.79. The summed E-state index contributed by atoms with van der Waals surface area (Å²) < 4.78 is 0. The second-order valence-corrected chi connectivity index (χ2v) is 4.11. The fourth-order valence-electron chi connectivity index (χ4n) is 1.74. The predicted octanol–water partition coefficient (Wildman–Crippen LogP) is 1.59.